The number of likely N-dealkylation sites (N-methyl/N-ethyl adjacent to an activating group) is 1. The van der Waals surface area contributed by atoms with Gasteiger partial charge >= 0.3 is 0 Å². The van der Waals surface area contributed by atoms with Crippen LogP contribution in [0.4, 0.5) is 10.1 Å². The fourth-order valence-corrected chi connectivity index (χ4v) is 5.47. The van der Waals surface area contributed by atoms with Gasteiger partial charge in [-0.15, -0.1) is 0 Å². The van der Waals surface area contributed by atoms with Gasteiger partial charge in [0.25, 0.3) is 11.8 Å². The normalized spacial score (nSPS) is 18.9. The molecule has 0 spiro atoms. The first kappa shape index (κ1) is 27.3. The summed E-state index contributed by atoms with van der Waals surface area (Å²) in [5, 5.41) is 5.99. The third-order valence-electron chi connectivity index (χ3n) is 7.17. The van der Waals surface area contributed by atoms with Crippen molar-refractivity contribution in [3.05, 3.63) is 59.6 Å². The summed E-state index contributed by atoms with van der Waals surface area (Å²) < 4.78 is 26.3. The van der Waals surface area contributed by atoms with Gasteiger partial charge in [-0.25, -0.2) is 4.39 Å². The molecule has 5 rings (SSSR count). The molecule has 1 aromatic heterocycles. The van der Waals surface area contributed by atoms with E-state index in [4.69, 9.17) is 21.4 Å². The monoisotopic (exact) mass is 566 g/mol. The van der Waals surface area contributed by atoms with E-state index in [1.165, 1.54) is 23.3 Å². The second kappa shape index (κ2) is 10.3. The molecule has 2 aliphatic heterocycles. The Morgan fingerprint density at radius 1 is 1.23 bits per heavy atom. The molecule has 3 heterocycles. The fourth-order valence-electron chi connectivity index (χ4n) is 5.05. The molecule has 2 fully saturated rings. The number of fused-ring (bicyclic) bond motifs is 1. The summed E-state index contributed by atoms with van der Waals surface area (Å²) in [6, 6.07) is 9.27. The maximum Gasteiger partial charge on any atom is 0.254 e. The van der Waals surface area contributed by atoms with E-state index in [0.717, 1.165) is 5.39 Å². The van der Waals surface area contributed by atoms with Crippen LogP contribution in [-0.4, -0.2) is 59.4 Å². The van der Waals surface area contributed by atoms with Crippen LogP contribution < -0.4 is 20.3 Å². The first-order valence-corrected chi connectivity index (χ1v) is 13.1. The number of amides is 4. The minimum absolute atomic E-state index is 0.111. The Balaban J connectivity index is 1.18. The molecule has 2 N–H and O–H groups in total. The van der Waals surface area contributed by atoms with Crippen LogP contribution in [-0.2, 0) is 14.4 Å². The number of ether oxygens (including phenoxy) is 1. The highest BCUT2D eigenvalue weighted by Gasteiger charge is 2.48. The summed E-state index contributed by atoms with van der Waals surface area (Å²) in [6.07, 6.45) is 2.21. The standard InChI is InChI=1S/C28H27FN4O6S/c1-28(2)26(37)32(3)27(40)33(28)15-4-6-19(21(29)12-15)24(35)30-10-11-38-16-5-7-17-20(14-39-22(17)13-16)18-8-9-23(34)31-25(18)36/h4-7,12-14,18H,8-11H2,1-3H3,(H,30,35)(H,31,34,36). The van der Waals surface area contributed by atoms with E-state index in [0.29, 0.717) is 29.0 Å². The van der Waals surface area contributed by atoms with E-state index >= 15 is 0 Å². The Labute approximate surface area is 234 Å². The third-order valence-corrected chi connectivity index (χ3v) is 7.63. The van der Waals surface area contributed by atoms with Gasteiger partial charge in [0.1, 0.15) is 29.3 Å². The van der Waals surface area contributed by atoms with Crippen molar-refractivity contribution in [1.29, 1.82) is 0 Å². The van der Waals surface area contributed by atoms with Crippen LogP contribution in [0.25, 0.3) is 11.0 Å². The highest BCUT2D eigenvalue weighted by molar-refractivity contribution is 7.80. The van der Waals surface area contributed by atoms with Crippen molar-refractivity contribution in [2.24, 2.45) is 0 Å². The largest absolute Gasteiger partial charge is 0.492 e. The first-order valence-electron chi connectivity index (χ1n) is 12.7. The fraction of sp³-hybridized carbons (Fsp3) is 0.321. The minimum atomic E-state index is -0.982. The lowest BCUT2D eigenvalue weighted by molar-refractivity contribution is -0.134. The Hall–Kier alpha value is -4.32. The van der Waals surface area contributed by atoms with E-state index in [1.54, 1.807) is 50.1 Å². The van der Waals surface area contributed by atoms with Gasteiger partial charge in [0.05, 0.1) is 24.3 Å². The summed E-state index contributed by atoms with van der Waals surface area (Å²) in [5.41, 5.74) is 0.478. The number of thiocarbonyl (C=S) groups is 1. The van der Waals surface area contributed by atoms with Crippen LogP contribution in [0.2, 0.25) is 0 Å². The lowest BCUT2D eigenvalue weighted by Gasteiger charge is -2.29. The molecule has 2 aromatic carbocycles. The van der Waals surface area contributed by atoms with Crippen LogP contribution in [0.15, 0.2) is 47.1 Å². The van der Waals surface area contributed by atoms with Gasteiger partial charge in [0, 0.05) is 36.2 Å². The number of hydrogen-bond donors (Lipinski definition) is 2. The summed E-state index contributed by atoms with van der Waals surface area (Å²) in [6.45, 7) is 3.62. The van der Waals surface area contributed by atoms with E-state index in [9.17, 15) is 23.6 Å². The van der Waals surface area contributed by atoms with Gasteiger partial charge < -0.3 is 19.4 Å². The number of carbonyl (C=O) groups excluding carboxylic acids is 4. The topological polar surface area (TPSA) is 121 Å². The highest BCUT2D eigenvalue weighted by Crippen LogP contribution is 2.35. The number of imide groups is 1. The first-order chi connectivity index (χ1) is 19.0. The second-order valence-electron chi connectivity index (χ2n) is 10.2. The van der Waals surface area contributed by atoms with Gasteiger partial charge in [-0.05, 0) is 62.8 Å². The molecule has 2 saturated heterocycles. The van der Waals surface area contributed by atoms with E-state index in [-0.39, 0.29) is 48.0 Å². The Bertz CT molecular complexity index is 1570. The predicted octanol–water partition coefficient (Wildman–Crippen LogP) is 3.24. The molecule has 0 saturated carbocycles. The Morgan fingerprint density at radius 3 is 2.67 bits per heavy atom. The maximum atomic E-state index is 14.9. The number of piperidine rings is 1. The van der Waals surface area contributed by atoms with Crippen molar-refractivity contribution < 1.29 is 32.7 Å². The molecule has 0 radical (unpaired) electrons. The van der Waals surface area contributed by atoms with Gasteiger partial charge in [0.15, 0.2) is 5.11 Å². The van der Waals surface area contributed by atoms with Crippen LogP contribution in [0, 0.1) is 5.82 Å². The van der Waals surface area contributed by atoms with Gasteiger partial charge in [0.2, 0.25) is 11.8 Å². The highest BCUT2D eigenvalue weighted by atomic mass is 32.1. The lowest BCUT2D eigenvalue weighted by atomic mass is 9.90. The number of nitrogens with one attached hydrogen (secondary N) is 2. The molecule has 0 bridgehead atoms. The van der Waals surface area contributed by atoms with Crippen LogP contribution in [0.1, 0.15) is 48.5 Å². The number of benzene rings is 2. The van der Waals surface area contributed by atoms with Crippen LogP contribution in [0.5, 0.6) is 5.75 Å². The molecular weight excluding hydrogens is 539 g/mol. The molecule has 12 heteroatoms. The predicted molar refractivity (Wildman–Crippen MR) is 147 cm³/mol. The van der Waals surface area contributed by atoms with Crippen molar-refractivity contribution in [3.63, 3.8) is 0 Å². The zero-order valence-electron chi connectivity index (χ0n) is 22.1. The molecule has 208 valence electrons. The molecule has 4 amide bonds. The third kappa shape index (κ3) is 4.79. The van der Waals surface area contributed by atoms with Gasteiger partial charge in [-0.3, -0.25) is 29.4 Å². The number of hydrogen-bond acceptors (Lipinski definition) is 7. The number of anilines is 1. The molecule has 1 unspecified atom stereocenters. The van der Waals surface area contributed by atoms with Crippen molar-refractivity contribution in [2.45, 2.75) is 38.1 Å². The lowest BCUT2D eigenvalue weighted by Crippen LogP contribution is -2.44. The molecule has 40 heavy (non-hydrogen) atoms. The molecule has 2 aliphatic rings. The smallest absolute Gasteiger partial charge is 0.254 e. The second-order valence-corrected chi connectivity index (χ2v) is 10.5. The van der Waals surface area contributed by atoms with E-state index < -0.39 is 23.2 Å². The van der Waals surface area contributed by atoms with Gasteiger partial charge in [-0.1, -0.05) is 0 Å². The van der Waals surface area contributed by atoms with E-state index in [2.05, 4.69) is 10.6 Å². The van der Waals surface area contributed by atoms with Crippen molar-refractivity contribution in [1.82, 2.24) is 15.5 Å². The maximum absolute atomic E-state index is 14.9. The molecular formula is C28H27FN4O6S. The van der Waals surface area contributed by atoms with Crippen molar-refractivity contribution in [2.75, 3.05) is 25.1 Å². The number of rotatable bonds is 7. The number of carbonyl (C=O) groups is 4. The quantitative estimate of drug-likeness (QED) is 0.254. The number of halogens is 1. The zero-order valence-corrected chi connectivity index (χ0v) is 22.9. The minimum Gasteiger partial charge on any atom is -0.492 e. The number of furan rings is 1. The summed E-state index contributed by atoms with van der Waals surface area (Å²) >= 11 is 5.36. The van der Waals surface area contributed by atoms with Crippen LogP contribution in [0.3, 0.4) is 0 Å². The Morgan fingerprint density at radius 2 is 2.00 bits per heavy atom. The Kier molecular flexibility index (Phi) is 7.05. The molecule has 1 atom stereocenters. The molecule has 3 aromatic rings. The summed E-state index contributed by atoms with van der Waals surface area (Å²) in [4.78, 5) is 51.7. The van der Waals surface area contributed by atoms with Crippen molar-refractivity contribution >= 4 is 57.6 Å². The number of nitrogens with zero attached hydrogens (tertiary/aromatic N) is 2. The van der Waals surface area contributed by atoms with Gasteiger partial charge in [-0.2, -0.15) is 0 Å². The molecule has 0 aliphatic carbocycles. The van der Waals surface area contributed by atoms with E-state index in [1.807, 2.05) is 0 Å². The van der Waals surface area contributed by atoms with Crippen LogP contribution >= 0.6 is 12.2 Å². The SMILES string of the molecule is CN1C(=O)C(C)(C)N(c2ccc(C(=O)NCCOc3ccc4c(C5CCC(=O)NC5=O)coc4c3)c(F)c2)C1=S. The summed E-state index contributed by atoms with van der Waals surface area (Å²) in [5.74, 6) is -2.15. The zero-order chi connectivity index (χ0) is 28.8. The average molecular weight is 567 g/mol. The molecule has 10 nitrogen and oxygen atoms in total. The average Bonchev–Trinajstić information content (AvgIpc) is 3.38. The van der Waals surface area contributed by atoms with Crippen molar-refractivity contribution in [3.8, 4) is 5.75 Å². The summed E-state index contributed by atoms with van der Waals surface area (Å²) in [7, 11) is 1.57.